The molecule has 0 rings (SSSR count). The van der Waals surface area contributed by atoms with Crippen molar-refractivity contribution in [3.05, 3.63) is 0 Å². The predicted octanol–water partition coefficient (Wildman–Crippen LogP) is -3.68. The lowest BCUT2D eigenvalue weighted by Gasteiger charge is -2.23. The highest BCUT2D eigenvalue weighted by Gasteiger charge is 2.28. The van der Waals surface area contributed by atoms with Gasteiger partial charge < -0.3 is 49.7 Å². The van der Waals surface area contributed by atoms with Crippen LogP contribution in [-0.4, -0.2) is 77.9 Å². The van der Waals surface area contributed by atoms with Gasteiger partial charge >= 0.3 is 5.97 Å². The topological polar surface area (TPSA) is 284 Å². The third kappa shape index (κ3) is 14.4. The van der Waals surface area contributed by atoms with Crippen molar-refractivity contribution in [2.75, 3.05) is 13.1 Å². The molecular formula is C20H39N9O6. The van der Waals surface area contributed by atoms with E-state index in [2.05, 4.69) is 20.9 Å². The van der Waals surface area contributed by atoms with Crippen molar-refractivity contribution in [2.45, 2.75) is 76.0 Å². The molecular weight excluding hydrogens is 462 g/mol. The van der Waals surface area contributed by atoms with E-state index in [1.807, 2.05) is 0 Å². The lowest BCUT2D eigenvalue weighted by atomic mass is 10.1. The van der Waals surface area contributed by atoms with Crippen molar-refractivity contribution < 1.29 is 29.1 Å². The minimum Gasteiger partial charge on any atom is -0.480 e. The van der Waals surface area contributed by atoms with Crippen molar-refractivity contribution in [1.29, 1.82) is 0 Å². The lowest BCUT2D eigenvalue weighted by molar-refractivity contribution is -0.142. The number of nitrogens with two attached hydrogens (primary N) is 5. The number of nitrogens with one attached hydrogen (secondary N) is 3. The Labute approximate surface area is 204 Å². The van der Waals surface area contributed by atoms with Gasteiger partial charge in [-0.1, -0.05) is 0 Å². The fourth-order valence-electron chi connectivity index (χ4n) is 2.91. The summed E-state index contributed by atoms with van der Waals surface area (Å²) in [5.74, 6) is -4.04. The minimum atomic E-state index is -1.20. The van der Waals surface area contributed by atoms with E-state index in [0.717, 1.165) is 0 Å². The standard InChI is InChI=1S/C20H39N9O6/c1-11(16(31)29-14(19(34)35)5-2-3-9-21)27-18(33)13(6-4-10-26-20(24)25)28-17(32)12(22)7-8-15(23)30/h11-14H,2-10,21-22H2,1H3,(H2,23,30)(H,27,33)(H,28,32)(H,29,31)(H,34,35)(H4,24,25,26). The number of aliphatic imine (C=N–C) groups is 1. The van der Waals surface area contributed by atoms with Crippen LogP contribution in [0.5, 0.6) is 0 Å². The highest BCUT2D eigenvalue weighted by Crippen LogP contribution is 2.04. The molecule has 15 nitrogen and oxygen atoms in total. The Balaban J connectivity index is 5.16. The molecule has 0 bridgehead atoms. The molecule has 15 heteroatoms. The molecule has 0 aliphatic rings. The summed E-state index contributed by atoms with van der Waals surface area (Å²) in [4.78, 5) is 63.8. The van der Waals surface area contributed by atoms with Crippen molar-refractivity contribution in [3.8, 4) is 0 Å². The predicted molar refractivity (Wildman–Crippen MR) is 128 cm³/mol. The monoisotopic (exact) mass is 501 g/mol. The minimum absolute atomic E-state index is 0.0109. The summed E-state index contributed by atoms with van der Waals surface area (Å²) in [6.07, 6.45) is 1.61. The fourth-order valence-corrected chi connectivity index (χ4v) is 2.91. The van der Waals surface area contributed by atoms with E-state index in [1.165, 1.54) is 6.92 Å². The molecule has 0 heterocycles. The first kappa shape index (κ1) is 31.5. The van der Waals surface area contributed by atoms with Gasteiger partial charge in [0.25, 0.3) is 0 Å². The normalized spacial score (nSPS) is 14.0. The summed E-state index contributed by atoms with van der Waals surface area (Å²) in [5, 5.41) is 16.6. The molecule has 0 aliphatic carbocycles. The van der Waals surface area contributed by atoms with Gasteiger partial charge in [-0.15, -0.1) is 0 Å². The van der Waals surface area contributed by atoms with Gasteiger partial charge in [-0.3, -0.25) is 24.2 Å². The molecule has 0 aromatic carbocycles. The van der Waals surface area contributed by atoms with E-state index in [0.29, 0.717) is 25.8 Å². The number of amides is 4. The summed E-state index contributed by atoms with van der Waals surface area (Å²) in [5.41, 5.74) is 26.8. The van der Waals surface area contributed by atoms with E-state index in [1.54, 1.807) is 0 Å². The molecule has 35 heavy (non-hydrogen) atoms. The summed E-state index contributed by atoms with van der Waals surface area (Å²) in [6.45, 7) is 1.97. The largest absolute Gasteiger partial charge is 0.480 e. The zero-order valence-electron chi connectivity index (χ0n) is 20.0. The van der Waals surface area contributed by atoms with Crippen LogP contribution in [0.1, 0.15) is 51.9 Å². The van der Waals surface area contributed by atoms with E-state index in [-0.39, 0.29) is 38.2 Å². The van der Waals surface area contributed by atoms with Crippen molar-refractivity contribution in [1.82, 2.24) is 16.0 Å². The third-order valence-corrected chi connectivity index (χ3v) is 4.93. The molecule has 4 amide bonds. The molecule has 0 aromatic rings. The Bertz CT molecular complexity index is 757. The SMILES string of the molecule is CC(NC(=O)C(CCCN=C(N)N)NC(=O)C(N)CCC(N)=O)C(=O)NC(CCCCN)C(=O)O. The van der Waals surface area contributed by atoms with Crippen LogP contribution in [0.2, 0.25) is 0 Å². The smallest absolute Gasteiger partial charge is 0.326 e. The molecule has 0 spiro atoms. The number of carboxylic acid groups (broad SMARTS) is 1. The Morgan fingerprint density at radius 1 is 0.829 bits per heavy atom. The first-order valence-corrected chi connectivity index (χ1v) is 11.3. The van der Waals surface area contributed by atoms with Gasteiger partial charge in [0.2, 0.25) is 23.6 Å². The molecule has 0 aliphatic heterocycles. The zero-order chi connectivity index (χ0) is 27.0. The summed E-state index contributed by atoms with van der Waals surface area (Å²) >= 11 is 0. The number of guanidine groups is 1. The van der Waals surface area contributed by atoms with Crippen LogP contribution in [0, 0.1) is 0 Å². The Morgan fingerprint density at radius 3 is 1.97 bits per heavy atom. The second-order valence-corrected chi connectivity index (χ2v) is 8.04. The van der Waals surface area contributed by atoms with Gasteiger partial charge in [-0.05, 0) is 52.0 Å². The molecule has 4 unspecified atom stereocenters. The maximum Gasteiger partial charge on any atom is 0.326 e. The fraction of sp³-hybridized carbons (Fsp3) is 0.700. The first-order chi connectivity index (χ1) is 16.4. The van der Waals surface area contributed by atoms with Crippen molar-refractivity contribution in [3.63, 3.8) is 0 Å². The molecule has 0 aromatic heterocycles. The molecule has 0 fully saturated rings. The van der Waals surface area contributed by atoms with E-state index in [4.69, 9.17) is 28.7 Å². The van der Waals surface area contributed by atoms with Crippen LogP contribution in [0.4, 0.5) is 0 Å². The van der Waals surface area contributed by atoms with E-state index < -0.39 is 53.8 Å². The van der Waals surface area contributed by atoms with Crippen LogP contribution in [0.3, 0.4) is 0 Å². The van der Waals surface area contributed by atoms with Crippen LogP contribution in [0.25, 0.3) is 0 Å². The maximum atomic E-state index is 12.8. The van der Waals surface area contributed by atoms with Gasteiger partial charge in [0, 0.05) is 13.0 Å². The number of rotatable bonds is 18. The number of hydrogen-bond acceptors (Lipinski definition) is 8. The third-order valence-electron chi connectivity index (χ3n) is 4.93. The highest BCUT2D eigenvalue weighted by molar-refractivity contribution is 5.94. The number of unbranched alkanes of at least 4 members (excludes halogenated alkanes) is 1. The van der Waals surface area contributed by atoms with E-state index >= 15 is 0 Å². The number of carbonyl (C=O) groups is 5. The molecule has 14 N–H and O–H groups in total. The maximum absolute atomic E-state index is 12.8. The number of aliphatic carboxylic acids is 1. The van der Waals surface area contributed by atoms with E-state index in [9.17, 15) is 29.1 Å². The molecule has 4 atom stereocenters. The van der Waals surface area contributed by atoms with Crippen LogP contribution in [-0.2, 0) is 24.0 Å². The van der Waals surface area contributed by atoms with Crippen LogP contribution >= 0.6 is 0 Å². The summed E-state index contributed by atoms with van der Waals surface area (Å²) < 4.78 is 0. The zero-order valence-corrected chi connectivity index (χ0v) is 20.0. The van der Waals surface area contributed by atoms with Gasteiger partial charge in [0.15, 0.2) is 5.96 Å². The highest BCUT2D eigenvalue weighted by atomic mass is 16.4. The lowest BCUT2D eigenvalue weighted by Crippen LogP contribution is -2.56. The second-order valence-electron chi connectivity index (χ2n) is 8.04. The number of nitrogens with zero attached hydrogens (tertiary/aromatic N) is 1. The Morgan fingerprint density at radius 2 is 1.43 bits per heavy atom. The summed E-state index contributed by atoms with van der Waals surface area (Å²) in [6, 6.07) is -4.40. The van der Waals surface area contributed by atoms with Crippen LogP contribution < -0.4 is 44.6 Å². The number of primary amides is 1. The Hall–Kier alpha value is -3.46. The molecule has 0 radical (unpaired) electrons. The number of carbonyl (C=O) groups excluding carboxylic acids is 4. The van der Waals surface area contributed by atoms with Crippen molar-refractivity contribution in [2.24, 2.45) is 33.7 Å². The first-order valence-electron chi connectivity index (χ1n) is 11.3. The second kappa shape index (κ2) is 17.0. The molecule has 0 saturated carbocycles. The summed E-state index contributed by atoms with van der Waals surface area (Å²) in [7, 11) is 0. The number of hydrogen-bond donors (Lipinski definition) is 9. The van der Waals surface area contributed by atoms with Crippen molar-refractivity contribution >= 4 is 35.6 Å². The van der Waals surface area contributed by atoms with Gasteiger partial charge in [0.1, 0.15) is 18.1 Å². The van der Waals surface area contributed by atoms with Gasteiger partial charge in [0.05, 0.1) is 6.04 Å². The Kier molecular flexibility index (Phi) is 15.4. The van der Waals surface area contributed by atoms with Crippen LogP contribution in [0.15, 0.2) is 4.99 Å². The quantitative estimate of drug-likeness (QED) is 0.0503. The molecule has 200 valence electrons. The van der Waals surface area contributed by atoms with Gasteiger partial charge in [-0.2, -0.15) is 0 Å². The molecule has 0 saturated heterocycles. The average Bonchev–Trinajstić information content (AvgIpc) is 2.77. The average molecular weight is 502 g/mol. The van der Waals surface area contributed by atoms with Gasteiger partial charge in [-0.25, -0.2) is 4.79 Å². The number of carboxylic acids is 1.